The molecule has 1 amide bonds. The van der Waals surface area contributed by atoms with Gasteiger partial charge in [0.25, 0.3) is 5.91 Å². The lowest BCUT2D eigenvalue weighted by Crippen LogP contribution is -2.54. The molecule has 1 aromatic rings. The van der Waals surface area contributed by atoms with Gasteiger partial charge in [0.15, 0.2) is 0 Å². The quantitative estimate of drug-likeness (QED) is 0.157. The van der Waals surface area contributed by atoms with Crippen LogP contribution in [0.3, 0.4) is 0 Å². The first kappa shape index (κ1) is 36.9. The van der Waals surface area contributed by atoms with Crippen molar-refractivity contribution in [3.05, 3.63) is 35.4 Å². The first-order chi connectivity index (χ1) is 17.7. The minimum Gasteiger partial charge on any atom is -0.346 e. The van der Waals surface area contributed by atoms with E-state index in [1.165, 1.54) is 44.1 Å². The van der Waals surface area contributed by atoms with Crippen LogP contribution >= 0.6 is 12.4 Å². The summed E-state index contributed by atoms with van der Waals surface area (Å²) in [6, 6.07) is 8.33. The predicted molar refractivity (Wildman–Crippen MR) is 169 cm³/mol. The standard InChI is InChI=1S/C33H61N3O.ClH/c1-9-35(10-2)24-26-36(11-3,12-4)25-23-34-33(37)32-21-19-31(20-22-32)27-30(8)18-14-17-29(7)16-13-15-28(5)6;/h19-22,28-30H,9-18,23-27H2,1-8H3;1H/p+1. The van der Waals surface area contributed by atoms with Crippen molar-refractivity contribution >= 4 is 18.3 Å². The molecular weight excluding hydrogens is 490 g/mol. The summed E-state index contributed by atoms with van der Waals surface area (Å²) in [5.41, 5.74) is 2.12. The van der Waals surface area contributed by atoms with Crippen LogP contribution in [-0.2, 0) is 6.42 Å². The van der Waals surface area contributed by atoms with Crippen LogP contribution in [-0.4, -0.2) is 67.6 Å². The normalized spacial score (nSPS) is 13.4. The fourth-order valence-corrected chi connectivity index (χ4v) is 5.50. The van der Waals surface area contributed by atoms with Crippen molar-refractivity contribution in [3.8, 4) is 0 Å². The molecule has 0 saturated heterocycles. The molecule has 38 heavy (non-hydrogen) atoms. The maximum Gasteiger partial charge on any atom is 0.251 e. The van der Waals surface area contributed by atoms with Crippen LogP contribution in [0.25, 0.3) is 0 Å². The number of nitrogens with zero attached hydrogens (tertiary/aromatic N) is 2. The highest BCUT2D eigenvalue weighted by atomic mass is 35.5. The molecule has 0 aliphatic rings. The Morgan fingerprint density at radius 3 is 1.89 bits per heavy atom. The van der Waals surface area contributed by atoms with Gasteiger partial charge in [0.2, 0.25) is 0 Å². The molecule has 0 bridgehead atoms. The van der Waals surface area contributed by atoms with E-state index in [-0.39, 0.29) is 18.3 Å². The molecule has 0 saturated carbocycles. The molecule has 0 heterocycles. The second-order valence-electron chi connectivity index (χ2n) is 12.1. The highest BCUT2D eigenvalue weighted by Gasteiger charge is 2.23. The number of nitrogens with one attached hydrogen (secondary N) is 1. The van der Waals surface area contributed by atoms with Crippen LogP contribution in [0, 0.1) is 17.8 Å². The second kappa shape index (κ2) is 20.8. The van der Waals surface area contributed by atoms with Gasteiger partial charge in [-0.15, -0.1) is 12.4 Å². The molecule has 0 radical (unpaired) electrons. The van der Waals surface area contributed by atoms with Crippen molar-refractivity contribution in [3.63, 3.8) is 0 Å². The van der Waals surface area contributed by atoms with Crippen molar-refractivity contribution in [2.24, 2.45) is 17.8 Å². The molecule has 0 aromatic heterocycles. The van der Waals surface area contributed by atoms with Crippen molar-refractivity contribution in [2.45, 2.75) is 100 Å². The molecular formula is C33H63ClN3O+. The summed E-state index contributed by atoms with van der Waals surface area (Å²) in [5.74, 6) is 2.43. The fourth-order valence-electron chi connectivity index (χ4n) is 5.50. The lowest BCUT2D eigenvalue weighted by molar-refractivity contribution is -0.923. The molecule has 0 aliphatic heterocycles. The topological polar surface area (TPSA) is 32.3 Å². The number of halogens is 1. The summed E-state index contributed by atoms with van der Waals surface area (Å²) in [6.45, 7) is 26.9. The Morgan fingerprint density at radius 2 is 1.37 bits per heavy atom. The highest BCUT2D eigenvalue weighted by molar-refractivity contribution is 5.94. The molecule has 222 valence electrons. The lowest BCUT2D eigenvalue weighted by Gasteiger charge is -2.38. The van der Waals surface area contributed by atoms with E-state index in [1.54, 1.807) is 0 Å². The van der Waals surface area contributed by atoms with Crippen molar-refractivity contribution in [1.82, 2.24) is 10.2 Å². The van der Waals surface area contributed by atoms with E-state index in [4.69, 9.17) is 0 Å². The lowest BCUT2D eigenvalue weighted by atomic mass is 9.91. The van der Waals surface area contributed by atoms with Crippen LogP contribution < -0.4 is 5.32 Å². The Labute approximate surface area is 243 Å². The summed E-state index contributed by atoms with van der Waals surface area (Å²) in [6.07, 6.45) is 9.19. The van der Waals surface area contributed by atoms with Gasteiger partial charge in [0, 0.05) is 12.1 Å². The number of amides is 1. The van der Waals surface area contributed by atoms with Gasteiger partial charge in [0.1, 0.15) is 0 Å². The summed E-state index contributed by atoms with van der Waals surface area (Å²) in [4.78, 5) is 15.3. The Hall–Kier alpha value is -1.10. The molecule has 0 spiro atoms. The second-order valence-corrected chi connectivity index (χ2v) is 12.1. The zero-order valence-electron chi connectivity index (χ0n) is 26.4. The number of quaternary nitrogens is 1. The third kappa shape index (κ3) is 14.9. The Morgan fingerprint density at radius 1 is 0.816 bits per heavy atom. The van der Waals surface area contributed by atoms with Crippen molar-refractivity contribution < 1.29 is 9.28 Å². The molecule has 1 aromatic carbocycles. The molecule has 2 unspecified atom stereocenters. The van der Waals surface area contributed by atoms with Crippen LogP contribution in [0.15, 0.2) is 24.3 Å². The average Bonchev–Trinajstić information content (AvgIpc) is 2.88. The van der Waals surface area contributed by atoms with Gasteiger partial charge in [-0.2, -0.15) is 0 Å². The van der Waals surface area contributed by atoms with E-state index >= 15 is 0 Å². The summed E-state index contributed by atoms with van der Waals surface area (Å²) >= 11 is 0. The van der Waals surface area contributed by atoms with E-state index in [2.05, 4.69) is 77.7 Å². The molecule has 4 nitrogen and oxygen atoms in total. The minimum absolute atomic E-state index is 0. The van der Waals surface area contributed by atoms with E-state index < -0.39 is 0 Å². The monoisotopic (exact) mass is 552 g/mol. The first-order valence-corrected chi connectivity index (χ1v) is 15.6. The van der Waals surface area contributed by atoms with Gasteiger partial charge in [-0.1, -0.05) is 92.2 Å². The number of likely N-dealkylation sites (N-methyl/N-ethyl adjacent to an activating group) is 2. The van der Waals surface area contributed by atoms with Gasteiger partial charge in [0.05, 0.1) is 32.7 Å². The zero-order valence-corrected chi connectivity index (χ0v) is 27.2. The van der Waals surface area contributed by atoms with Crippen LogP contribution in [0.1, 0.15) is 110 Å². The van der Waals surface area contributed by atoms with Gasteiger partial charge >= 0.3 is 0 Å². The zero-order chi connectivity index (χ0) is 27.7. The number of carbonyl (C=O) groups excluding carboxylic acids is 1. The summed E-state index contributed by atoms with van der Waals surface area (Å²) in [7, 11) is 0. The number of hydrogen-bond donors (Lipinski definition) is 1. The van der Waals surface area contributed by atoms with Gasteiger partial charge in [-0.3, -0.25) is 9.69 Å². The van der Waals surface area contributed by atoms with Gasteiger partial charge in [-0.25, -0.2) is 0 Å². The van der Waals surface area contributed by atoms with Crippen molar-refractivity contribution in [2.75, 3.05) is 52.4 Å². The summed E-state index contributed by atoms with van der Waals surface area (Å²) in [5, 5.41) is 3.19. The van der Waals surface area contributed by atoms with Crippen LogP contribution in [0.5, 0.6) is 0 Å². The molecule has 5 heteroatoms. The molecule has 2 atom stereocenters. The molecule has 1 rings (SSSR count). The molecule has 1 N–H and O–H groups in total. The fraction of sp³-hybridized carbons (Fsp3) is 0.788. The van der Waals surface area contributed by atoms with Crippen molar-refractivity contribution in [1.29, 1.82) is 0 Å². The Balaban J connectivity index is 0.0000137. The van der Waals surface area contributed by atoms with Gasteiger partial charge < -0.3 is 9.80 Å². The number of hydrogen-bond acceptors (Lipinski definition) is 2. The SMILES string of the molecule is CCN(CC)CC[N+](CC)(CC)CCNC(=O)c1ccc(CC(C)CCCC(C)CCCC(C)C)cc1.Cl. The average molecular weight is 553 g/mol. The molecule has 0 aliphatic carbocycles. The Bertz CT molecular complexity index is 713. The smallest absolute Gasteiger partial charge is 0.251 e. The first-order valence-electron chi connectivity index (χ1n) is 15.6. The number of carbonyl (C=O) groups is 1. The number of benzene rings is 1. The van der Waals surface area contributed by atoms with Gasteiger partial charge in [-0.05, 0) is 68.8 Å². The third-order valence-electron chi connectivity index (χ3n) is 8.67. The number of rotatable bonds is 21. The third-order valence-corrected chi connectivity index (χ3v) is 8.67. The van der Waals surface area contributed by atoms with Crippen LogP contribution in [0.2, 0.25) is 0 Å². The minimum atomic E-state index is 0. The predicted octanol–water partition coefficient (Wildman–Crippen LogP) is 7.85. The van der Waals surface area contributed by atoms with E-state index in [1.807, 2.05) is 12.1 Å². The highest BCUT2D eigenvalue weighted by Crippen LogP contribution is 2.21. The van der Waals surface area contributed by atoms with Crippen LogP contribution in [0.4, 0.5) is 0 Å². The van der Waals surface area contributed by atoms with E-state index in [0.29, 0.717) is 5.92 Å². The maximum absolute atomic E-state index is 12.8. The largest absolute Gasteiger partial charge is 0.346 e. The Kier molecular flexibility index (Phi) is 20.2. The summed E-state index contributed by atoms with van der Waals surface area (Å²) < 4.78 is 1.06. The molecule has 0 fully saturated rings. The maximum atomic E-state index is 12.8. The van der Waals surface area contributed by atoms with E-state index in [0.717, 1.165) is 80.7 Å². The van der Waals surface area contributed by atoms with E-state index in [9.17, 15) is 4.79 Å².